The molecule has 0 spiro atoms. The van der Waals surface area contributed by atoms with Gasteiger partial charge in [0.05, 0.1) is 6.61 Å². The lowest BCUT2D eigenvalue weighted by atomic mass is 9.87. The molecule has 2 unspecified atom stereocenters. The molecular weight excluding hydrogens is 288 g/mol. The molecule has 1 heterocycles. The summed E-state index contributed by atoms with van der Waals surface area (Å²) in [4.78, 5) is 14.1. The van der Waals surface area contributed by atoms with E-state index in [2.05, 4.69) is 5.32 Å². The summed E-state index contributed by atoms with van der Waals surface area (Å²) in [6, 6.07) is 0.457. The Morgan fingerprint density at radius 2 is 1.83 bits per heavy atom. The van der Waals surface area contributed by atoms with Gasteiger partial charge in [-0.1, -0.05) is 32.1 Å². The van der Waals surface area contributed by atoms with E-state index in [-0.39, 0.29) is 6.09 Å². The molecule has 1 N–H and O–H groups in total. The number of amides is 1. The third-order valence-electron chi connectivity index (χ3n) is 5.85. The van der Waals surface area contributed by atoms with Crippen molar-refractivity contribution in [3.63, 3.8) is 0 Å². The third kappa shape index (κ3) is 5.37. The van der Waals surface area contributed by atoms with Crippen LogP contribution in [0.5, 0.6) is 0 Å². The molecule has 23 heavy (non-hydrogen) atoms. The first-order valence-corrected chi connectivity index (χ1v) is 9.89. The second-order valence-electron chi connectivity index (χ2n) is 7.99. The smallest absolute Gasteiger partial charge is 0.409 e. The second kappa shape index (κ2) is 8.36. The summed E-state index contributed by atoms with van der Waals surface area (Å²) in [6.45, 7) is 5.23. The molecule has 0 radical (unpaired) electrons. The number of hydrogen-bond acceptors (Lipinski definition) is 3. The molecule has 4 heteroatoms. The van der Waals surface area contributed by atoms with Crippen LogP contribution in [0.1, 0.15) is 64.7 Å². The van der Waals surface area contributed by atoms with Gasteiger partial charge in [0, 0.05) is 19.1 Å². The van der Waals surface area contributed by atoms with E-state index in [9.17, 15) is 4.79 Å². The molecule has 2 atom stereocenters. The van der Waals surface area contributed by atoms with E-state index in [1.807, 2.05) is 11.8 Å². The van der Waals surface area contributed by atoms with Crippen molar-refractivity contribution in [2.24, 2.45) is 17.8 Å². The topological polar surface area (TPSA) is 41.6 Å². The van der Waals surface area contributed by atoms with E-state index >= 15 is 0 Å². The fraction of sp³-hybridized carbons (Fsp3) is 0.947. The molecule has 0 bridgehead atoms. The average molecular weight is 322 g/mol. The monoisotopic (exact) mass is 322 g/mol. The number of likely N-dealkylation sites (tertiary alicyclic amines) is 1. The fourth-order valence-electron chi connectivity index (χ4n) is 4.44. The molecular formula is C19H34N2O2. The van der Waals surface area contributed by atoms with Gasteiger partial charge in [-0.2, -0.15) is 0 Å². The van der Waals surface area contributed by atoms with Crippen LogP contribution < -0.4 is 5.32 Å². The lowest BCUT2D eigenvalue weighted by Crippen LogP contribution is -2.52. The minimum atomic E-state index is -0.113. The molecule has 2 aliphatic carbocycles. The van der Waals surface area contributed by atoms with Crippen molar-refractivity contribution in [3.05, 3.63) is 0 Å². The summed E-state index contributed by atoms with van der Waals surface area (Å²) in [5, 5.41) is 3.79. The summed E-state index contributed by atoms with van der Waals surface area (Å²) in [7, 11) is 0. The quantitative estimate of drug-likeness (QED) is 0.808. The van der Waals surface area contributed by atoms with Crippen molar-refractivity contribution in [2.75, 3.05) is 26.2 Å². The lowest BCUT2D eigenvalue weighted by molar-refractivity contribution is 0.0754. The van der Waals surface area contributed by atoms with Gasteiger partial charge < -0.3 is 15.0 Å². The molecule has 2 saturated carbocycles. The molecule has 3 rings (SSSR count). The van der Waals surface area contributed by atoms with E-state index in [1.165, 1.54) is 57.8 Å². The van der Waals surface area contributed by atoms with Crippen molar-refractivity contribution in [1.82, 2.24) is 10.2 Å². The van der Waals surface area contributed by atoms with Crippen molar-refractivity contribution < 1.29 is 9.53 Å². The first kappa shape index (κ1) is 17.1. The molecule has 0 aromatic carbocycles. The highest BCUT2D eigenvalue weighted by Gasteiger charge is 2.34. The van der Waals surface area contributed by atoms with E-state index in [0.29, 0.717) is 18.6 Å². The summed E-state index contributed by atoms with van der Waals surface area (Å²) < 4.78 is 5.25. The zero-order chi connectivity index (χ0) is 16.1. The first-order valence-electron chi connectivity index (χ1n) is 9.89. The van der Waals surface area contributed by atoms with Gasteiger partial charge in [0.25, 0.3) is 0 Å². The summed E-state index contributed by atoms with van der Waals surface area (Å²) >= 11 is 0. The van der Waals surface area contributed by atoms with Crippen LogP contribution in [0.2, 0.25) is 0 Å². The molecule has 4 nitrogen and oxygen atoms in total. The van der Waals surface area contributed by atoms with Crippen molar-refractivity contribution in [3.8, 4) is 0 Å². The molecule has 132 valence electrons. The standard InChI is InChI=1S/C19H34N2O2/c1-2-23-19(22)21-13-17(10-15-8-9-15)11-18(14-21)20-12-16-6-4-3-5-7-16/h15-18,20H,2-14H2,1H3. The van der Waals surface area contributed by atoms with Crippen LogP contribution in [0.3, 0.4) is 0 Å². The predicted molar refractivity (Wildman–Crippen MR) is 92.4 cm³/mol. The Kier molecular flexibility index (Phi) is 6.21. The molecule has 3 fully saturated rings. The number of hydrogen-bond donors (Lipinski definition) is 1. The minimum Gasteiger partial charge on any atom is -0.450 e. The van der Waals surface area contributed by atoms with Crippen LogP contribution in [0.25, 0.3) is 0 Å². The molecule has 1 saturated heterocycles. The van der Waals surface area contributed by atoms with Crippen LogP contribution in [-0.2, 0) is 4.74 Å². The Labute approximate surface area is 141 Å². The Balaban J connectivity index is 1.50. The van der Waals surface area contributed by atoms with Gasteiger partial charge in [-0.25, -0.2) is 4.79 Å². The van der Waals surface area contributed by atoms with Gasteiger partial charge in [-0.3, -0.25) is 0 Å². The molecule has 3 aliphatic rings. The van der Waals surface area contributed by atoms with Crippen LogP contribution in [-0.4, -0.2) is 43.3 Å². The Bertz CT molecular complexity index is 378. The largest absolute Gasteiger partial charge is 0.450 e. The van der Waals surface area contributed by atoms with Gasteiger partial charge in [-0.15, -0.1) is 0 Å². The maximum Gasteiger partial charge on any atom is 0.409 e. The first-order chi connectivity index (χ1) is 11.2. The summed E-state index contributed by atoms with van der Waals surface area (Å²) in [5.74, 6) is 2.44. The van der Waals surface area contributed by atoms with Crippen LogP contribution in [0, 0.1) is 17.8 Å². The zero-order valence-electron chi connectivity index (χ0n) is 14.8. The molecule has 1 amide bonds. The number of piperidine rings is 1. The number of carbonyl (C=O) groups is 1. The highest BCUT2D eigenvalue weighted by Crippen LogP contribution is 2.38. The van der Waals surface area contributed by atoms with Crippen molar-refractivity contribution in [1.29, 1.82) is 0 Å². The maximum absolute atomic E-state index is 12.2. The van der Waals surface area contributed by atoms with Gasteiger partial charge >= 0.3 is 6.09 Å². The highest BCUT2D eigenvalue weighted by molar-refractivity contribution is 5.67. The zero-order valence-corrected chi connectivity index (χ0v) is 14.8. The Hall–Kier alpha value is -0.770. The Morgan fingerprint density at radius 3 is 2.52 bits per heavy atom. The normalized spacial score (nSPS) is 29.5. The number of nitrogens with one attached hydrogen (secondary N) is 1. The molecule has 0 aromatic heterocycles. The maximum atomic E-state index is 12.2. The van der Waals surface area contributed by atoms with E-state index in [1.54, 1.807) is 0 Å². The van der Waals surface area contributed by atoms with Crippen molar-refractivity contribution >= 4 is 6.09 Å². The van der Waals surface area contributed by atoms with Gasteiger partial charge in [0.1, 0.15) is 0 Å². The molecule has 1 aliphatic heterocycles. The summed E-state index contributed by atoms with van der Waals surface area (Å²) in [5.41, 5.74) is 0. The van der Waals surface area contributed by atoms with Gasteiger partial charge in [0.15, 0.2) is 0 Å². The van der Waals surface area contributed by atoms with Crippen LogP contribution in [0.15, 0.2) is 0 Å². The lowest BCUT2D eigenvalue weighted by Gasteiger charge is -2.38. The fourth-order valence-corrected chi connectivity index (χ4v) is 4.44. The number of carbonyl (C=O) groups excluding carboxylic acids is 1. The van der Waals surface area contributed by atoms with E-state index < -0.39 is 0 Å². The minimum absolute atomic E-state index is 0.113. The highest BCUT2D eigenvalue weighted by atomic mass is 16.6. The van der Waals surface area contributed by atoms with Crippen LogP contribution >= 0.6 is 0 Å². The number of nitrogens with zero attached hydrogens (tertiary/aromatic N) is 1. The number of ether oxygens (including phenoxy) is 1. The second-order valence-corrected chi connectivity index (χ2v) is 7.99. The predicted octanol–water partition coefficient (Wildman–Crippen LogP) is 3.80. The third-order valence-corrected chi connectivity index (χ3v) is 5.85. The summed E-state index contributed by atoms with van der Waals surface area (Å²) in [6.07, 6.45) is 12.2. The van der Waals surface area contributed by atoms with Crippen molar-refractivity contribution in [2.45, 2.75) is 70.8 Å². The van der Waals surface area contributed by atoms with Gasteiger partial charge in [-0.05, 0) is 56.9 Å². The molecule has 0 aromatic rings. The van der Waals surface area contributed by atoms with E-state index in [0.717, 1.165) is 31.5 Å². The van der Waals surface area contributed by atoms with Crippen LogP contribution in [0.4, 0.5) is 4.79 Å². The van der Waals surface area contributed by atoms with E-state index in [4.69, 9.17) is 4.74 Å². The SMILES string of the molecule is CCOC(=O)N1CC(CC2CC2)CC(NCC2CCCCC2)C1. The average Bonchev–Trinajstić information content (AvgIpc) is 3.38. The number of rotatable bonds is 6. The van der Waals surface area contributed by atoms with Gasteiger partial charge in [0.2, 0.25) is 0 Å². The Morgan fingerprint density at radius 1 is 1.04 bits per heavy atom.